The second-order valence-corrected chi connectivity index (χ2v) is 3.87. The van der Waals surface area contributed by atoms with Crippen LogP contribution in [0.1, 0.15) is 5.56 Å². The molecule has 0 bridgehead atoms. The van der Waals surface area contributed by atoms with Crippen molar-refractivity contribution >= 4 is 27.9 Å². The maximum absolute atomic E-state index is 13.0. The summed E-state index contributed by atoms with van der Waals surface area (Å²) in [5.41, 5.74) is 5.02. The lowest BCUT2D eigenvalue weighted by molar-refractivity contribution is -0.136. The fourth-order valence-electron chi connectivity index (χ4n) is 2.01. The van der Waals surface area contributed by atoms with Crippen LogP contribution in [0.5, 0.6) is 0 Å². The topological polar surface area (TPSA) is 52.0 Å². The summed E-state index contributed by atoms with van der Waals surface area (Å²) >= 11 is 0. The highest BCUT2D eigenvalue weighted by Gasteiger charge is 2.33. The van der Waals surface area contributed by atoms with Gasteiger partial charge in [-0.05, 0) is 11.5 Å². The summed E-state index contributed by atoms with van der Waals surface area (Å²) in [6.45, 7) is 0. The first-order valence-corrected chi connectivity index (χ1v) is 5.12. The summed E-state index contributed by atoms with van der Waals surface area (Å²) < 4.78 is 43.9. The largest absolute Gasteiger partial charge is 0.424 e. The third kappa shape index (κ3) is 1.49. The van der Waals surface area contributed by atoms with Crippen LogP contribution >= 0.6 is 0 Å². The lowest BCUT2D eigenvalue weighted by Crippen LogP contribution is -2.05. The molecule has 3 rings (SSSR count). The van der Waals surface area contributed by atoms with Gasteiger partial charge in [-0.1, -0.05) is 24.3 Å². The van der Waals surface area contributed by atoms with Gasteiger partial charge in [0, 0.05) is 5.39 Å². The molecule has 0 atom stereocenters. The van der Waals surface area contributed by atoms with Gasteiger partial charge in [0.05, 0.1) is 5.56 Å². The SMILES string of the molecule is Nc1nc2c(cc(C(F)(F)F)c3ccccc32)o1. The van der Waals surface area contributed by atoms with Crippen LogP contribution in [-0.2, 0) is 6.18 Å². The normalized spacial score (nSPS) is 12.4. The van der Waals surface area contributed by atoms with Crippen LogP contribution in [0.2, 0.25) is 0 Å². The van der Waals surface area contributed by atoms with Gasteiger partial charge in [-0.15, -0.1) is 0 Å². The van der Waals surface area contributed by atoms with E-state index in [0.29, 0.717) is 10.9 Å². The number of nitrogen functional groups attached to an aromatic ring is 1. The van der Waals surface area contributed by atoms with Gasteiger partial charge in [0.1, 0.15) is 5.52 Å². The van der Waals surface area contributed by atoms with Crippen LogP contribution in [0.15, 0.2) is 34.7 Å². The monoisotopic (exact) mass is 252 g/mol. The minimum atomic E-state index is -4.45. The standard InChI is InChI=1S/C12H7F3N2O/c13-12(14,15)8-5-9-10(17-11(16)18-9)7-4-2-1-3-6(7)8/h1-5H,(H2,16,17). The molecule has 0 saturated heterocycles. The van der Waals surface area contributed by atoms with Crippen molar-refractivity contribution in [2.45, 2.75) is 6.18 Å². The molecule has 0 amide bonds. The minimum Gasteiger partial charge on any atom is -0.424 e. The molecule has 0 spiro atoms. The zero-order valence-corrected chi connectivity index (χ0v) is 8.95. The van der Waals surface area contributed by atoms with Crippen molar-refractivity contribution in [2.75, 3.05) is 5.73 Å². The van der Waals surface area contributed by atoms with Crippen LogP contribution in [0, 0.1) is 0 Å². The Labute approximate surface area is 99.0 Å². The van der Waals surface area contributed by atoms with Crippen molar-refractivity contribution in [1.82, 2.24) is 4.98 Å². The van der Waals surface area contributed by atoms with Crippen molar-refractivity contribution in [1.29, 1.82) is 0 Å². The quantitative estimate of drug-likeness (QED) is 0.665. The molecule has 3 nitrogen and oxygen atoms in total. The molecule has 2 N–H and O–H groups in total. The zero-order chi connectivity index (χ0) is 12.9. The number of alkyl halides is 3. The molecule has 1 heterocycles. The van der Waals surface area contributed by atoms with Crippen molar-refractivity contribution in [2.24, 2.45) is 0 Å². The lowest BCUT2D eigenvalue weighted by atomic mass is 10.0. The van der Waals surface area contributed by atoms with E-state index in [1.54, 1.807) is 18.2 Å². The van der Waals surface area contributed by atoms with E-state index < -0.39 is 11.7 Å². The Balaban J connectivity index is 2.54. The molecule has 2 aromatic carbocycles. The fourth-order valence-corrected chi connectivity index (χ4v) is 2.01. The first kappa shape index (κ1) is 10.9. The Bertz CT molecular complexity index is 746. The molecule has 0 unspecified atom stereocenters. The Hall–Kier alpha value is -2.24. The number of fused-ring (bicyclic) bond motifs is 3. The predicted octanol–water partition coefficient (Wildman–Crippen LogP) is 3.58. The van der Waals surface area contributed by atoms with Gasteiger partial charge in [0.2, 0.25) is 0 Å². The summed E-state index contributed by atoms with van der Waals surface area (Å²) in [6.07, 6.45) is -4.45. The van der Waals surface area contributed by atoms with E-state index >= 15 is 0 Å². The van der Waals surface area contributed by atoms with Crippen LogP contribution < -0.4 is 5.73 Å². The second-order valence-electron chi connectivity index (χ2n) is 3.87. The molecule has 18 heavy (non-hydrogen) atoms. The number of nitrogens with zero attached hydrogens (tertiary/aromatic N) is 1. The van der Waals surface area contributed by atoms with Crippen LogP contribution in [0.4, 0.5) is 19.2 Å². The molecule has 92 valence electrons. The maximum atomic E-state index is 13.0. The summed E-state index contributed by atoms with van der Waals surface area (Å²) in [4.78, 5) is 3.91. The molecular weight excluding hydrogens is 245 g/mol. The van der Waals surface area contributed by atoms with E-state index in [1.165, 1.54) is 6.07 Å². The number of rotatable bonds is 0. The number of hydrogen-bond donors (Lipinski definition) is 1. The highest BCUT2D eigenvalue weighted by atomic mass is 19.4. The summed E-state index contributed by atoms with van der Waals surface area (Å²) in [6, 6.07) is 6.95. The van der Waals surface area contributed by atoms with E-state index in [0.717, 1.165) is 6.07 Å². The molecule has 0 saturated carbocycles. The average Bonchev–Trinajstić information content (AvgIpc) is 2.67. The maximum Gasteiger partial charge on any atom is 0.417 e. The van der Waals surface area contributed by atoms with Gasteiger partial charge in [-0.25, -0.2) is 0 Å². The summed E-state index contributed by atoms with van der Waals surface area (Å²) in [5, 5.41) is 0.466. The Morgan fingerprint density at radius 3 is 2.44 bits per heavy atom. The number of oxazole rings is 1. The Kier molecular flexibility index (Phi) is 2.04. The van der Waals surface area contributed by atoms with Crippen molar-refractivity contribution in [3.05, 3.63) is 35.9 Å². The van der Waals surface area contributed by atoms with E-state index in [4.69, 9.17) is 10.2 Å². The van der Waals surface area contributed by atoms with Crippen molar-refractivity contribution in [3.8, 4) is 0 Å². The molecule has 6 heteroatoms. The zero-order valence-electron chi connectivity index (χ0n) is 8.95. The summed E-state index contributed by atoms with van der Waals surface area (Å²) in [7, 11) is 0. The fraction of sp³-hybridized carbons (Fsp3) is 0.0833. The molecule has 3 aromatic rings. The smallest absolute Gasteiger partial charge is 0.417 e. The van der Waals surface area contributed by atoms with Gasteiger partial charge in [0.15, 0.2) is 5.58 Å². The Morgan fingerprint density at radius 1 is 1.11 bits per heavy atom. The minimum absolute atomic E-state index is 0.0403. The molecule has 0 radical (unpaired) electrons. The van der Waals surface area contributed by atoms with Gasteiger partial charge in [-0.2, -0.15) is 18.2 Å². The molecule has 1 aromatic heterocycles. The van der Waals surface area contributed by atoms with E-state index in [2.05, 4.69) is 4.98 Å². The number of nitrogens with two attached hydrogens (primary N) is 1. The van der Waals surface area contributed by atoms with E-state index in [1.807, 2.05) is 0 Å². The lowest BCUT2D eigenvalue weighted by Gasteiger charge is -2.10. The van der Waals surface area contributed by atoms with Crippen LogP contribution in [0.3, 0.4) is 0 Å². The molecule has 0 fully saturated rings. The summed E-state index contributed by atoms with van der Waals surface area (Å²) in [5.74, 6) is 0. The third-order valence-electron chi connectivity index (χ3n) is 2.72. The first-order valence-electron chi connectivity index (χ1n) is 5.12. The van der Waals surface area contributed by atoms with Crippen molar-refractivity contribution < 1.29 is 17.6 Å². The number of benzene rings is 2. The van der Waals surface area contributed by atoms with Gasteiger partial charge in [0.25, 0.3) is 6.01 Å². The van der Waals surface area contributed by atoms with E-state index in [9.17, 15) is 13.2 Å². The average molecular weight is 252 g/mol. The number of hydrogen-bond acceptors (Lipinski definition) is 3. The van der Waals surface area contributed by atoms with Crippen molar-refractivity contribution in [3.63, 3.8) is 0 Å². The van der Waals surface area contributed by atoms with Crippen LogP contribution in [0.25, 0.3) is 21.9 Å². The van der Waals surface area contributed by atoms with E-state index in [-0.39, 0.29) is 17.0 Å². The second kappa shape index (κ2) is 3.38. The highest BCUT2D eigenvalue weighted by molar-refractivity contribution is 6.05. The first-order chi connectivity index (χ1) is 8.47. The molecular formula is C12H7F3N2O. The van der Waals surface area contributed by atoms with Gasteiger partial charge < -0.3 is 10.2 Å². The molecule has 0 aliphatic rings. The molecule has 0 aliphatic carbocycles. The van der Waals surface area contributed by atoms with Gasteiger partial charge in [-0.3, -0.25) is 0 Å². The van der Waals surface area contributed by atoms with Crippen LogP contribution in [-0.4, -0.2) is 4.98 Å². The third-order valence-corrected chi connectivity index (χ3v) is 2.72. The highest BCUT2D eigenvalue weighted by Crippen LogP contribution is 2.38. The Morgan fingerprint density at radius 2 is 1.78 bits per heavy atom. The number of halogens is 3. The number of anilines is 1. The number of aromatic nitrogens is 1. The molecule has 0 aliphatic heterocycles. The van der Waals surface area contributed by atoms with Gasteiger partial charge >= 0.3 is 6.18 Å². The predicted molar refractivity (Wildman–Crippen MR) is 60.9 cm³/mol.